The summed E-state index contributed by atoms with van der Waals surface area (Å²) in [5.74, 6) is 0.0730. The normalized spacial score (nSPS) is 11.5. The van der Waals surface area contributed by atoms with Crippen LogP contribution < -0.4 is 0 Å². The molecule has 30 heavy (non-hydrogen) atoms. The van der Waals surface area contributed by atoms with Gasteiger partial charge < -0.3 is 14.8 Å². The fourth-order valence-electron chi connectivity index (χ4n) is 3.81. The number of hydrogen-bond acceptors (Lipinski definition) is 6. The molecule has 0 aliphatic heterocycles. The molecule has 3 heterocycles. The molecule has 0 aliphatic rings. The summed E-state index contributed by atoms with van der Waals surface area (Å²) in [5, 5.41) is 37.2. The van der Waals surface area contributed by atoms with E-state index in [2.05, 4.69) is 25.6 Å². The molecule has 5 rings (SSSR count). The number of rotatable bonds is 4. The van der Waals surface area contributed by atoms with Crippen molar-refractivity contribution in [3.8, 4) is 11.6 Å². The van der Waals surface area contributed by atoms with E-state index in [1.807, 2.05) is 6.07 Å². The molecule has 8 nitrogen and oxygen atoms in total. The molecule has 0 amide bonds. The zero-order chi connectivity index (χ0) is 20.8. The lowest BCUT2D eigenvalue weighted by Gasteiger charge is -2.11. The smallest absolute Gasteiger partial charge is 0.202 e. The Morgan fingerprint density at radius 2 is 1.87 bits per heavy atom. The summed E-state index contributed by atoms with van der Waals surface area (Å²) in [6.07, 6.45) is 4.33. The number of tetrazole rings is 1. The van der Waals surface area contributed by atoms with Crippen molar-refractivity contribution in [2.45, 2.75) is 12.8 Å². The predicted molar refractivity (Wildman–Crippen MR) is 108 cm³/mol. The van der Waals surface area contributed by atoms with Crippen molar-refractivity contribution < 1.29 is 14.6 Å². The molecule has 0 unspecified atom stereocenters. The highest BCUT2D eigenvalue weighted by Gasteiger charge is 2.21. The highest BCUT2D eigenvalue weighted by molar-refractivity contribution is 6.09. The van der Waals surface area contributed by atoms with Crippen LogP contribution in [0, 0.1) is 5.82 Å². The lowest BCUT2D eigenvalue weighted by Crippen LogP contribution is -1.97. The Morgan fingerprint density at radius 3 is 2.60 bits per heavy atom. The van der Waals surface area contributed by atoms with Crippen molar-refractivity contribution in [1.82, 2.24) is 30.2 Å². The molecule has 0 saturated heterocycles. The van der Waals surface area contributed by atoms with Crippen LogP contribution in [0.2, 0.25) is 0 Å². The molecule has 0 fully saturated rings. The van der Waals surface area contributed by atoms with Gasteiger partial charge in [-0.25, -0.2) is 4.39 Å². The molecule has 2 aromatic carbocycles. The quantitative estimate of drug-likeness (QED) is 0.425. The van der Waals surface area contributed by atoms with Crippen molar-refractivity contribution in [2.75, 3.05) is 0 Å². The van der Waals surface area contributed by atoms with E-state index in [1.165, 1.54) is 12.1 Å². The summed E-state index contributed by atoms with van der Waals surface area (Å²) in [6.45, 7) is 0. The molecule has 0 aliphatic carbocycles. The number of pyridine rings is 1. The third kappa shape index (κ3) is 2.91. The van der Waals surface area contributed by atoms with Gasteiger partial charge >= 0.3 is 0 Å². The number of H-pyrrole nitrogens is 1. The van der Waals surface area contributed by atoms with Crippen LogP contribution in [0.25, 0.3) is 21.7 Å². The van der Waals surface area contributed by atoms with Crippen LogP contribution in [0.5, 0.6) is 11.6 Å². The van der Waals surface area contributed by atoms with Crippen molar-refractivity contribution in [1.29, 1.82) is 0 Å². The number of aryl methyl sites for hydroxylation is 1. The Balaban J connectivity index is 1.72. The second-order valence-electron chi connectivity index (χ2n) is 7.23. The van der Waals surface area contributed by atoms with Crippen molar-refractivity contribution in [2.24, 2.45) is 7.05 Å². The summed E-state index contributed by atoms with van der Waals surface area (Å²) in [6, 6.07) is 8.26. The number of fused-ring (bicyclic) bond motifs is 2. The zero-order valence-electron chi connectivity index (χ0n) is 16.0. The van der Waals surface area contributed by atoms with E-state index in [-0.39, 0.29) is 17.4 Å². The maximum atomic E-state index is 13.2. The van der Waals surface area contributed by atoms with E-state index in [0.29, 0.717) is 35.0 Å². The molecule has 0 saturated carbocycles. The number of benzene rings is 2. The fourth-order valence-corrected chi connectivity index (χ4v) is 3.81. The number of nitrogens with zero attached hydrogens (tertiary/aromatic N) is 5. The molecule has 9 heteroatoms. The highest BCUT2D eigenvalue weighted by Crippen LogP contribution is 2.42. The summed E-state index contributed by atoms with van der Waals surface area (Å²) in [7, 11) is 1.70. The van der Waals surface area contributed by atoms with E-state index >= 15 is 0 Å². The Hall–Kier alpha value is -4.01. The second-order valence-corrected chi connectivity index (χ2v) is 7.23. The van der Waals surface area contributed by atoms with Gasteiger partial charge in [0.2, 0.25) is 5.88 Å². The molecule has 5 aromatic rings. The van der Waals surface area contributed by atoms with Gasteiger partial charge in [-0.2, -0.15) is 5.21 Å². The van der Waals surface area contributed by atoms with E-state index in [1.54, 1.807) is 36.1 Å². The van der Waals surface area contributed by atoms with Crippen LogP contribution in [0.1, 0.15) is 22.5 Å². The van der Waals surface area contributed by atoms with Crippen molar-refractivity contribution >= 4 is 21.7 Å². The van der Waals surface area contributed by atoms with Crippen molar-refractivity contribution in [3.05, 3.63) is 71.1 Å². The topological polar surface area (TPSA) is 113 Å². The minimum absolute atomic E-state index is 0.0454. The van der Waals surface area contributed by atoms with Crippen LogP contribution in [0.15, 0.2) is 42.7 Å². The van der Waals surface area contributed by atoms with E-state index in [4.69, 9.17) is 0 Å². The molecular formula is C21H17FN6O2. The number of aromatic hydroxyl groups is 2. The maximum Gasteiger partial charge on any atom is 0.202 e. The lowest BCUT2D eigenvalue weighted by atomic mass is 9.96. The van der Waals surface area contributed by atoms with Gasteiger partial charge in [-0.3, -0.25) is 4.98 Å². The number of aromatic amines is 1. The first kappa shape index (κ1) is 18.0. The average molecular weight is 404 g/mol. The van der Waals surface area contributed by atoms with Gasteiger partial charge in [0, 0.05) is 36.6 Å². The van der Waals surface area contributed by atoms with Gasteiger partial charge in [0.1, 0.15) is 11.3 Å². The van der Waals surface area contributed by atoms with Crippen LogP contribution in [0.4, 0.5) is 4.39 Å². The van der Waals surface area contributed by atoms with Gasteiger partial charge in [0.15, 0.2) is 11.6 Å². The van der Waals surface area contributed by atoms with E-state index < -0.39 is 0 Å². The highest BCUT2D eigenvalue weighted by atomic mass is 19.1. The molecule has 150 valence electrons. The number of aromatic nitrogens is 6. The monoisotopic (exact) mass is 404 g/mol. The van der Waals surface area contributed by atoms with Gasteiger partial charge in [-0.05, 0) is 41.3 Å². The SMILES string of the molecule is Cn1cc2c(Cc3nn[nH]n3)c3cc(Cc4ccc(F)cc4)cnc3c(O)c2c1O. The minimum atomic E-state index is -0.283. The van der Waals surface area contributed by atoms with Crippen molar-refractivity contribution in [3.63, 3.8) is 0 Å². The first-order valence-electron chi connectivity index (χ1n) is 9.28. The molecular weight excluding hydrogens is 387 g/mol. The molecule has 3 N–H and O–H groups in total. The number of nitrogens with one attached hydrogen (secondary N) is 1. The number of hydrogen-bond donors (Lipinski definition) is 3. The van der Waals surface area contributed by atoms with Crippen LogP contribution in [-0.2, 0) is 19.9 Å². The largest absolute Gasteiger partial charge is 0.505 e. The van der Waals surface area contributed by atoms with Crippen LogP contribution in [0.3, 0.4) is 0 Å². The second kappa shape index (κ2) is 6.80. The summed E-state index contributed by atoms with van der Waals surface area (Å²) < 4.78 is 14.8. The third-order valence-electron chi connectivity index (χ3n) is 5.25. The van der Waals surface area contributed by atoms with Gasteiger partial charge in [-0.1, -0.05) is 17.3 Å². The first-order chi connectivity index (χ1) is 14.5. The molecule has 0 atom stereocenters. The molecule has 0 radical (unpaired) electrons. The van der Waals surface area contributed by atoms with Gasteiger partial charge in [-0.15, -0.1) is 10.2 Å². The number of halogens is 1. The molecule has 0 spiro atoms. The number of phenolic OH excluding ortho intramolecular Hbond substituents is 1. The zero-order valence-corrected chi connectivity index (χ0v) is 16.0. The predicted octanol–water partition coefficient (Wildman–Crippen LogP) is 2.97. The van der Waals surface area contributed by atoms with Crippen LogP contribution in [-0.4, -0.2) is 40.4 Å². The molecule has 0 bridgehead atoms. The Kier molecular flexibility index (Phi) is 4.09. The van der Waals surface area contributed by atoms with E-state index in [9.17, 15) is 14.6 Å². The Morgan fingerprint density at radius 1 is 1.07 bits per heavy atom. The summed E-state index contributed by atoms with van der Waals surface area (Å²) in [4.78, 5) is 4.48. The van der Waals surface area contributed by atoms with Gasteiger partial charge in [0.05, 0.1) is 5.39 Å². The average Bonchev–Trinajstić information content (AvgIpc) is 3.35. The molecule has 3 aromatic heterocycles. The summed E-state index contributed by atoms with van der Waals surface area (Å²) in [5.41, 5.74) is 3.05. The van der Waals surface area contributed by atoms with E-state index in [0.717, 1.165) is 22.1 Å². The fraction of sp³-hybridized carbons (Fsp3) is 0.143. The maximum absolute atomic E-state index is 13.2. The minimum Gasteiger partial charge on any atom is -0.505 e. The summed E-state index contributed by atoms with van der Waals surface area (Å²) >= 11 is 0. The Bertz CT molecular complexity index is 1380. The number of phenols is 1. The Labute approximate surface area is 169 Å². The lowest BCUT2D eigenvalue weighted by molar-refractivity contribution is 0.432. The van der Waals surface area contributed by atoms with Crippen LogP contribution >= 0.6 is 0 Å². The third-order valence-corrected chi connectivity index (χ3v) is 5.25. The first-order valence-corrected chi connectivity index (χ1v) is 9.28. The van der Waals surface area contributed by atoms with Gasteiger partial charge in [0.25, 0.3) is 0 Å². The standard InChI is InChI=1S/C21H17FN6O2/c1-28-10-16-14(8-17-24-26-27-25-17)15-7-12(6-11-2-4-13(22)5-3-11)9-23-19(15)20(29)18(16)21(28)30/h2-5,7,9-10,29-30H,6,8H2,1H3,(H,24,25,26,27).